The van der Waals surface area contributed by atoms with Gasteiger partial charge in [0.05, 0.1) is 13.2 Å². The minimum absolute atomic E-state index is 0.191. The van der Waals surface area contributed by atoms with E-state index in [9.17, 15) is 9.90 Å². The lowest BCUT2D eigenvalue weighted by atomic mass is 10.1. The Hall–Kier alpha value is -1.85. The number of para-hydroxylation sites is 1. The SMILES string of the molecule is CC(C)CONCc1oc2ccccc2c1C(=O)O. The molecule has 1 aromatic carbocycles. The van der Waals surface area contributed by atoms with Gasteiger partial charge >= 0.3 is 5.97 Å². The largest absolute Gasteiger partial charge is 0.478 e. The zero-order valence-corrected chi connectivity index (χ0v) is 11.0. The van der Waals surface area contributed by atoms with E-state index < -0.39 is 5.97 Å². The molecule has 0 aliphatic heterocycles. The summed E-state index contributed by atoms with van der Waals surface area (Å²) in [5.74, 6) is -0.217. The fraction of sp³-hybridized carbons (Fsp3) is 0.357. The average Bonchev–Trinajstić information content (AvgIpc) is 2.72. The number of rotatable bonds is 6. The summed E-state index contributed by atoms with van der Waals surface area (Å²) in [6.45, 7) is 4.85. The van der Waals surface area contributed by atoms with E-state index in [1.807, 2.05) is 19.9 Å². The van der Waals surface area contributed by atoms with Gasteiger partial charge in [0.15, 0.2) is 0 Å². The van der Waals surface area contributed by atoms with Crippen molar-refractivity contribution in [2.45, 2.75) is 20.4 Å². The molecule has 0 saturated carbocycles. The summed E-state index contributed by atoms with van der Waals surface area (Å²) in [5.41, 5.74) is 3.49. The van der Waals surface area contributed by atoms with Crippen LogP contribution in [0.4, 0.5) is 0 Å². The van der Waals surface area contributed by atoms with E-state index >= 15 is 0 Å². The van der Waals surface area contributed by atoms with Crippen molar-refractivity contribution in [3.8, 4) is 0 Å². The minimum atomic E-state index is -0.995. The van der Waals surface area contributed by atoms with Crippen LogP contribution in [0.5, 0.6) is 0 Å². The van der Waals surface area contributed by atoms with Crippen molar-refractivity contribution in [2.24, 2.45) is 5.92 Å². The molecule has 0 atom stereocenters. The maximum Gasteiger partial charge on any atom is 0.339 e. The van der Waals surface area contributed by atoms with Crippen LogP contribution in [0.1, 0.15) is 30.0 Å². The highest BCUT2D eigenvalue weighted by molar-refractivity contribution is 6.03. The molecule has 1 aromatic heterocycles. The normalized spacial score (nSPS) is 11.3. The minimum Gasteiger partial charge on any atom is -0.478 e. The zero-order chi connectivity index (χ0) is 13.8. The van der Waals surface area contributed by atoms with Crippen LogP contribution in [-0.4, -0.2) is 17.7 Å². The molecule has 102 valence electrons. The molecule has 0 fully saturated rings. The first-order valence-corrected chi connectivity index (χ1v) is 6.18. The Labute approximate surface area is 111 Å². The van der Waals surface area contributed by atoms with Crippen LogP contribution in [0.2, 0.25) is 0 Å². The Morgan fingerprint density at radius 1 is 1.42 bits per heavy atom. The van der Waals surface area contributed by atoms with E-state index in [1.54, 1.807) is 18.2 Å². The fourth-order valence-electron chi connectivity index (χ4n) is 1.80. The number of aromatic carboxylic acids is 1. The topological polar surface area (TPSA) is 71.7 Å². The fourth-order valence-corrected chi connectivity index (χ4v) is 1.80. The van der Waals surface area contributed by atoms with Crippen molar-refractivity contribution in [3.63, 3.8) is 0 Å². The third-order valence-corrected chi connectivity index (χ3v) is 2.63. The van der Waals surface area contributed by atoms with Crippen molar-refractivity contribution >= 4 is 16.9 Å². The first kappa shape index (κ1) is 13.6. The quantitative estimate of drug-likeness (QED) is 0.619. The summed E-state index contributed by atoms with van der Waals surface area (Å²) in [6.07, 6.45) is 0. The number of carboxylic acids is 1. The van der Waals surface area contributed by atoms with Gasteiger partial charge in [-0.05, 0) is 12.0 Å². The highest BCUT2D eigenvalue weighted by atomic mass is 16.6. The highest BCUT2D eigenvalue weighted by Gasteiger charge is 2.19. The zero-order valence-electron chi connectivity index (χ0n) is 11.0. The summed E-state index contributed by atoms with van der Waals surface area (Å²) >= 11 is 0. The lowest BCUT2D eigenvalue weighted by Gasteiger charge is -2.06. The van der Waals surface area contributed by atoms with Gasteiger partial charge in [-0.25, -0.2) is 4.79 Å². The van der Waals surface area contributed by atoms with Crippen LogP contribution in [0.15, 0.2) is 28.7 Å². The molecule has 1 heterocycles. The predicted molar refractivity (Wildman–Crippen MR) is 70.8 cm³/mol. The van der Waals surface area contributed by atoms with Crippen molar-refractivity contribution in [3.05, 3.63) is 35.6 Å². The molecule has 0 unspecified atom stereocenters. The molecule has 2 aromatic rings. The Morgan fingerprint density at radius 2 is 2.16 bits per heavy atom. The standard InChI is InChI=1S/C14H17NO4/c1-9(2)8-18-15-7-12-13(14(16)17)10-5-3-4-6-11(10)19-12/h3-6,9,15H,7-8H2,1-2H3,(H,16,17). The summed E-state index contributed by atoms with van der Waals surface area (Å²) < 4.78 is 5.54. The van der Waals surface area contributed by atoms with Gasteiger partial charge in [0.1, 0.15) is 16.9 Å². The van der Waals surface area contributed by atoms with Crippen LogP contribution < -0.4 is 5.48 Å². The van der Waals surface area contributed by atoms with Gasteiger partial charge in [0.25, 0.3) is 0 Å². The van der Waals surface area contributed by atoms with Gasteiger partial charge in [0.2, 0.25) is 0 Å². The molecule has 19 heavy (non-hydrogen) atoms. The summed E-state index contributed by atoms with van der Waals surface area (Å²) in [6, 6.07) is 7.09. The van der Waals surface area contributed by atoms with E-state index in [0.717, 1.165) is 0 Å². The number of fused-ring (bicyclic) bond motifs is 1. The molecule has 2 rings (SSSR count). The molecule has 5 nitrogen and oxygen atoms in total. The van der Waals surface area contributed by atoms with E-state index in [1.165, 1.54) is 0 Å². The molecule has 0 bridgehead atoms. The number of carboxylic acid groups (broad SMARTS) is 1. The van der Waals surface area contributed by atoms with Gasteiger partial charge in [0, 0.05) is 5.39 Å². The van der Waals surface area contributed by atoms with E-state index in [2.05, 4.69) is 5.48 Å². The maximum atomic E-state index is 11.3. The van der Waals surface area contributed by atoms with Crippen molar-refractivity contribution in [1.82, 2.24) is 5.48 Å². The van der Waals surface area contributed by atoms with Gasteiger partial charge in [-0.15, -0.1) is 0 Å². The number of carbonyl (C=O) groups is 1. The van der Waals surface area contributed by atoms with Crippen LogP contribution in [0.25, 0.3) is 11.0 Å². The number of furan rings is 1. The second-order valence-electron chi connectivity index (χ2n) is 4.73. The molecule has 5 heteroatoms. The van der Waals surface area contributed by atoms with E-state index in [-0.39, 0.29) is 12.1 Å². The lowest BCUT2D eigenvalue weighted by molar-refractivity contribution is 0.0165. The van der Waals surface area contributed by atoms with Crippen LogP contribution >= 0.6 is 0 Å². The van der Waals surface area contributed by atoms with Crippen LogP contribution in [-0.2, 0) is 11.4 Å². The molecule has 0 saturated heterocycles. The molecule has 2 N–H and O–H groups in total. The molecular formula is C14H17NO4. The number of hydrogen-bond acceptors (Lipinski definition) is 4. The van der Waals surface area contributed by atoms with Gasteiger partial charge in [-0.2, -0.15) is 5.48 Å². The molecule has 0 amide bonds. The third-order valence-electron chi connectivity index (χ3n) is 2.63. The monoisotopic (exact) mass is 263 g/mol. The van der Waals surface area contributed by atoms with Gasteiger partial charge < -0.3 is 14.4 Å². The first-order chi connectivity index (χ1) is 9.09. The number of hydroxylamine groups is 1. The summed E-state index contributed by atoms with van der Waals surface area (Å²) in [5, 5.41) is 9.88. The van der Waals surface area contributed by atoms with Crippen molar-refractivity contribution in [2.75, 3.05) is 6.61 Å². The number of nitrogens with one attached hydrogen (secondary N) is 1. The average molecular weight is 263 g/mol. The van der Waals surface area contributed by atoms with Crippen molar-refractivity contribution < 1.29 is 19.2 Å². The van der Waals surface area contributed by atoms with E-state index in [4.69, 9.17) is 9.25 Å². The lowest BCUT2D eigenvalue weighted by Crippen LogP contribution is -2.18. The maximum absolute atomic E-state index is 11.3. The Balaban J connectivity index is 2.17. The molecular weight excluding hydrogens is 246 g/mol. The number of hydrogen-bond donors (Lipinski definition) is 2. The molecule has 0 radical (unpaired) electrons. The molecule has 0 aliphatic carbocycles. The van der Waals surface area contributed by atoms with Crippen molar-refractivity contribution in [1.29, 1.82) is 0 Å². The Bertz CT molecular complexity index is 574. The highest BCUT2D eigenvalue weighted by Crippen LogP contribution is 2.25. The second-order valence-corrected chi connectivity index (χ2v) is 4.73. The third kappa shape index (κ3) is 3.13. The van der Waals surface area contributed by atoms with Crippen LogP contribution in [0.3, 0.4) is 0 Å². The smallest absolute Gasteiger partial charge is 0.339 e. The number of benzene rings is 1. The molecule has 0 spiro atoms. The van der Waals surface area contributed by atoms with Crippen LogP contribution in [0, 0.1) is 5.92 Å². The summed E-state index contributed by atoms with van der Waals surface area (Å²) in [4.78, 5) is 16.5. The second kappa shape index (κ2) is 5.86. The predicted octanol–water partition coefficient (Wildman–Crippen LogP) is 2.81. The van der Waals surface area contributed by atoms with Gasteiger partial charge in [-0.1, -0.05) is 32.0 Å². The Morgan fingerprint density at radius 3 is 2.84 bits per heavy atom. The Kier molecular flexibility index (Phi) is 4.19. The summed E-state index contributed by atoms with van der Waals surface area (Å²) in [7, 11) is 0. The van der Waals surface area contributed by atoms with E-state index in [0.29, 0.717) is 29.3 Å². The molecule has 0 aliphatic rings. The first-order valence-electron chi connectivity index (χ1n) is 6.18. The van der Waals surface area contributed by atoms with Gasteiger partial charge in [-0.3, -0.25) is 0 Å².